The Balaban J connectivity index is 2.77. The van der Waals surface area contributed by atoms with Gasteiger partial charge in [0.15, 0.2) is 0 Å². The second-order valence-electron chi connectivity index (χ2n) is 3.70. The van der Waals surface area contributed by atoms with E-state index in [2.05, 4.69) is 48.7 Å². The van der Waals surface area contributed by atoms with Gasteiger partial charge in [-0.25, -0.2) is 14.6 Å². The molecule has 0 radical (unpaired) electrons. The lowest BCUT2D eigenvalue weighted by atomic mass is 10.1. The molecular weight excluding hydrogens is 396 g/mol. The molecule has 0 aromatic carbocycles. The minimum Gasteiger partial charge on any atom is -0.480 e. The molecule has 1 aromatic heterocycles. The number of pyridine rings is 1. The first-order valence-electron chi connectivity index (χ1n) is 5.51. The molecule has 0 aliphatic heterocycles. The Bertz CT molecular complexity index is 522. The molecule has 1 rings (SSSR count). The van der Waals surface area contributed by atoms with Crippen molar-refractivity contribution in [3.8, 4) is 0 Å². The van der Waals surface area contributed by atoms with Crippen molar-refractivity contribution >= 4 is 43.9 Å². The Morgan fingerprint density at radius 3 is 2.85 bits per heavy atom. The molecule has 2 N–H and O–H groups in total. The summed E-state index contributed by atoms with van der Waals surface area (Å²) in [5, 5.41) is 11.4. The summed E-state index contributed by atoms with van der Waals surface area (Å²) in [5.41, 5.74) is 0.697. The van der Waals surface area contributed by atoms with Gasteiger partial charge in [-0.1, -0.05) is 12.7 Å². The van der Waals surface area contributed by atoms with Crippen molar-refractivity contribution in [2.45, 2.75) is 12.5 Å². The summed E-state index contributed by atoms with van der Waals surface area (Å²) in [5.74, 6) is -1.15. The maximum absolute atomic E-state index is 11.4. The fourth-order valence-corrected chi connectivity index (χ4v) is 2.12. The molecule has 1 heterocycles. The van der Waals surface area contributed by atoms with Gasteiger partial charge in [-0.3, -0.25) is 0 Å². The molecule has 1 atom stereocenters. The summed E-state index contributed by atoms with van der Waals surface area (Å²) in [6.07, 6.45) is 2.23. The Morgan fingerprint density at radius 1 is 1.55 bits per heavy atom. The largest absolute Gasteiger partial charge is 0.480 e. The van der Waals surface area contributed by atoms with Gasteiger partial charge in [0, 0.05) is 12.6 Å². The smallest absolute Gasteiger partial charge is 0.408 e. The Hall–Kier alpha value is -1.41. The van der Waals surface area contributed by atoms with Crippen LogP contribution < -0.4 is 5.32 Å². The molecule has 108 valence electrons. The lowest BCUT2D eigenvalue weighted by Gasteiger charge is -2.15. The fourth-order valence-electron chi connectivity index (χ4n) is 1.35. The zero-order chi connectivity index (χ0) is 15.1. The van der Waals surface area contributed by atoms with Gasteiger partial charge in [0.05, 0.1) is 4.47 Å². The number of carbonyl (C=O) groups excluding carboxylic acids is 1. The van der Waals surface area contributed by atoms with Gasteiger partial charge in [0.2, 0.25) is 0 Å². The predicted molar refractivity (Wildman–Crippen MR) is 79.4 cm³/mol. The van der Waals surface area contributed by atoms with E-state index < -0.39 is 18.1 Å². The topological polar surface area (TPSA) is 88.5 Å². The van der Waals surface area contributed by atoms with Gasteiger partial charge < -0.3 is 15.2 Å². The Kier molecular flexibility index (Phi) is 6.66. The number of rotatable bonds is 6. The van der Waals surface area contributed by atoms with Crippen LogP contribution in [0, 0.1) is 0 Å². The summed E-state index contributed by atoms with van der Waals surface area (Å²) >= 11 is 6.54. The number of hydrogen-bond donors (Lipinski definition) is 2. The van der Waals surface area contributed by atoms with E-state index in [9.17, 15) is 9.59 Å². The van der Waals surface area contributed by atoms with Gasteiger partial charge >= 0.3 is 12.1 Å². The quantitative estimate of drug-likeness (QED) is 0.558. The molecule has 1 aromatic rings. The maximum atomic E-state index is 11.4. The van der Waals surface area contributed by atoms with Crippen molar-refractivity contribution in [3.05, 3.63) is 39.6 Å². The Morgan fingerprint density at radius 2 is 2.25 bits per heavy atom. The highest BCUT2D eigenvalue weighted by molar-refractivity contribution is 9.13. The average Bonchev–Trinajstić information content (AvgIpc) is 2.40. The van der Waals surface area contributed by atoms with Crippen LogP contribution in [0.4, 0.5) is 4.79 Å². The molecule has 0 aliphatic carbocycles. The van der Waals surface area contributed by atoms with E-state index in [1.165, 1.54) is 6.08 Å². The summed E-state index contributed by atoms with van der Waals surface area (Å²) in [4.78, 5) is 26.5. The molecule has 20 heavy (non-hydrogen) atoms. The van der Waals surface area contributed by atoms with Crippen molar-refractivity contribution in [2.24, 2.45) is 0 Å². The summed E-state index contributed by atoms with van der Waals surface area (Å²) < 4.78 is 5.91. The van der Waals surface area contributed by atoms with E-state index >= 15 is 0 Å². The number of hydrogen-bond acceptors (Lipinski definition) is 4. The van der Waals surface area contributed by atoms with Crippen LogP contribution in [0.5, 0.6) is 0 Å². The van der Waals surface area contributed by atoms with E-state index in [1.807, 2.05) is 0 Å². The first kappa shape index (κ1) is 16.6. The third kappa shape index (κ3) is 4.93. The van der Waals surface area contributed by atoms with Gasteiger partial charge in [0.1, 0.15) is 17.3 Å². The highest BCUT2D eigenvalue weighted by Crippen LogP contribution is 2.25. The van der Waals surface area contributed by atoms with Crippen LogP contribution in [0.15, 0.2) is 34.0 Å². The minimum absolute atomic E-state index is 0.0165. The number of carboxylic acids is 1. The highest BCUT2D eigenvalue weighted by atomic mass is 79.9. The summed E-state index contributed by atoms with van der Waals surface area (Å²) in [7, 11) is 0. The van der Waals surface area contributed by atoms with E-state index in [1.54, 1.807) is 12.3 Å². The number of aliphatic carboxylic acids is 1. The van der Waals surface area contributed by atoms with Gasteiger partial charge in [-0.15, -0.1) is 0 Å². The molecule has 1 amide bonds. The number of ether oxygens (including phenoxy) is 1. The van der Waals surface area contributed by atoms with Gasteiger partial charge in [0.25, 0.3) is 0 Å². The van der Waals surface area contributed by atoms with E-state index in [-0.39, 0.29) is 13.0 Å². The lowest BCUT2D eigenvalue weighted by Crippen LogP contribution is -2.42. The number of amides is 1. The van der Waals surface area contributed by atoms with Crippen LogP contribution in [0.3, 0.4) is 0 Å². The summed E-state index contributed by atoms with van der Waals surface area (Å²) in [6.45, 7) is 3.41. The third-order valence-corrected chi connectivity index (χ3v) is 4.29. The number of halogens is 2. The van der Waals surface area contributed by atoms with E-state index in [4.69, 9.17) is 9.84 Å². The number of carboxylic acid groups (broad SMARTS) is 1. The second-order valence-corrected chi connectivity index (χ2v) is 5.25. The molecule has 0 spiro atoms. The average molecular weight is 408 g/mol. The van der Waals surface area contributed by atoms with Crippen molar-refractivity contribution in [2.75, 3.05) is 6.61 Å². The van der Waals surface area contributed by atoms with Crippen LogP contribution in [0.1, 0.15) is 5.56 Å². The molecule has 0 aliphatic rings. The lowest BCUT2D eigenvalue weighted by molar-refractivity contribution is -0.139. The highest BCUT2D eigenvalue weighted by Gasteiger charge is 2.22. The molecule has 6 nitrogen and oxygen atoms in total. The first-order chi connectivity index (χ1) is 9.45. The monoisotopic (exact) mass is 406 g/mol. The van der Waals surface area contributed by atoms with Gasteiger partial charge in [-0.2, -0.15) is 0 Å². The summed E-state index contributed by atoms with van der Waals surface area (Å²) in [6, 6.07) is 0.569. The normalized spacial score (nSPS) is 11.5. The SMILES string of the molecule is C=CCOC(=O)NC(Cc1ccnc(Br)c1Br)C(=O)O. The van der Waals surface area contributed by atoms with E-state index in [0.717, 1.165) is 0 Å². The zero-order valence-electron chi connectivity index (χ0n) is 10.3. The molecule has 0 bridgehead atoms. The van der Waals surface area contributed by atoms with Crippen LogP contribution in [-0.2, 0) is 16.0 Å². The zero-order valence-corrected chi connectivity index (χ0v) is 13.5. The molecule has 8 heteroatoms. The molecular formula is C12H12Br2N2O4. The molecule has 0 saturated carbocycles. The van der Waals surface area contributed by atoms with Crippen molar-refractivity contribution in [1.82, 2.24) is 10.3 Å². The second kappa shape index (κ2) is 8.01. The van der Waals surface area contributed by atoms with Crippen LogP contribution in [-0.4, -0.2) is 34.8 Å². The van der Waals surface area contributed by atoms with E-state index in [0.29, 0.717) is 14.6 Å². The molecule has 0 saturated heterocycles. The Labute approximate surface area is 132 Å². The molecule has 1 unspecified atom stereocenters. The predicted octanol–water partition coefficient (Wildman–Crippen LogP) is 2.51. The van der Waals surface area contributed by atoms with Crippen molar-refractivity contribution in [1.29, 1.82) is 0 Å². The number of aromatic nitrogens is 1. The van der Waals surface area contributed by atoms with Crippen LogP contribution in [0.2, 0.25) is 0 Å². The minimum atomic E-state index is -1.15. The van der Waals surface area contributed by atoms with Crippen molar-refractivity contribution < 1.29 is 19.4 Å². The van der Waals surface area contributed by atoms with Crippen molar-refractivity contribution in [3.63, 3.8) is 0 Å². The fraction of sp³-hybridized carbons (Fsp3) is 0.250. The number of carbonyl (C=O) groups is 2. The van der Waals surface area contributed by atoms with Gasteiger partial charge in [-0.05, 0) is 43.5 Å². The molecule has 0 fully saturated rings. The van der Waals surface area contributed by atoms with Crippen LogP contribution in [0.25, 0.3) is 0 Å². The first-order valence-corrected chi connectivity index (χ1v) is 7.10. The third-order valence-electron chi connectivity index (χ3n) is 2.27. The standard InChI is InChI=1S/C12H12Br2N2O4/c1-2-5-20-12(19)16-8(11(17)18)6-7-3-4-15-10(14)9(7)13/h2-4,8H,1,5-6H2,(H,16,19)(H,17,18). The number of alkyl carbamates (subject to hydrolysis) is 1. The number of nitrogens with zero attached hydrogens (tertiary/aromatic N) is 1. The maximum Gasteiger partial charge on any atom is 0.408 e. The number of nitrogens with one attached hydrogen (secondary N) is 1. The van der Waals surface area contributed by atoms with Crippen LogP contribution >= 0.6 is 31.9 Å².